The van der Waals surface area contributed by atoms with Crippen LogP contribution in [0, 0.1) is 11.3 Å². The molecule has 0 aliphatic heterocycles. The Balaban J connectivity index is 2.87. The van der Waals surface area contributed by atoms with Crippen molar-refractivity contribution >= 4 is 43.2 Å². The zero-order valence-electron chi connectivity index (χ0n) is 4.84. The summed E-state index contributed by atoms with van der Waals surface area (Å²) in [5.74, 6) is 0. The van der Waals surface area contributed by atoms with Crippen LogP contribution in [0.25, 0.3) is 0 Å². The van der Waals surface area contributed by atoms with Gasteiger partial charge in [0.25, 0.3) is 0 Å². The second-order valence-electron chi connectivity index (χ2n) is 1.63. The molecule has 1 aromatic rings. The first kappa shape index (κ1) is 8.25. The molecule has 4 heteroatoms. The smallest absolute Gasteiger partial charge is 0.135 e. The molecule has 1 atom stereocenters. The highest BCUT2D eigenvalue weighted by molar-refractivity contribution is 9.11. The van der Waals surface area contributed by atoms with E-state index in [1.807, 2.05) is 12.1 Å². The Morgan fingerprint density at radius 1 is 1.60 bits per heavy atom. The summed E-state index contributed by atoms with van der Waals surface area (Å²) in [5, 5.41) is 8.49. The van der Waals surface area contributed by atoms with Crippen LogP contribution in [0.4, 0.5) is 0 Å². The summed E-state index contributed by atoms with van der Waals surface area (Å²) in [7, 11) is 0. The van der Waals surface area contributed by atoms with Gasteiger partial charge >= 0.3 is 0 Å². The Morgan fingerprint density at radius 3 is 2.70 bits per heavy atom. The number of alkyl halides is 1. The Kier molecular flexibility index (Phi) is 2.90. The van der Waals surface area contributed by atoms with Gasteiger partial charge in [0.2, 0.25) is 0 Å². The lowest BCUT2D eigenvalue weighted by molar-refractivity contribution is 1.30. The molecule has 0 bridgehead atoms. The first-order valence-corrected chi connectivity index (χ1v) is 5.05. The standard InChI is InChI=1S/C6H3Br2NS/c7-4(3-9)5-1-2-6(8)10-5/h1-2,4H. The van der Waals surface area contributed by atoms with Crippen molar-refractivity contribution in [1.29, 1.82) is 5.26 Å². The highest BCUT2D eigenvalue weighted by atomic mass is 79.9. The molecule has 0 saturated carbocycles. The number of thiophene rings is 1. The third-order valence-electron chi connectivity index (χ3n) is 0.957. The summed E-state index contributed by atoms with van der Waals surface area (Å²) < 4.78 is 1.06. The molecular formula is C6H3Br2NS. The van der Waals surface area contributed by atoms with Gasteiger partial charge in [0.05, 0.1) is 9.86 Å². The zero-order chi connectivity index (χ0) is 7.56. The van der Waals surface area contributed by atoms with Crippen LogP contribution in [0.5, 0.6) is 0 Å². The number of nitrogens with zero attached hydrogens (tertiary/aromatic N) is 1. The Labute approximate surface area is 79.9 Å². The van der Waals surface area contributed by atoms with Crippen LogP contribution in [0.1, 0.15) is 9.70 Å². The topological polar surface area (TPSA) is 23.8 Å². The summed E-state index contributed by atoms with van der Waals surface area (Å²) in [5.41, 5.74) is 0. The summed E-state index contributed by atoms with van der Waals surface area (Å²) in [6.07, 6.45) is 0. The second kappa shape index (κ2) is 3.51. The molecule has 0 aliphatic carbocycles. The fourth-order valence-electron chi connectivity index (χ4n) is 0.528. The van der Waals surface area contributed by atoms with E-state index in [0.717, 1.165) is 8.66 Å². The number of hydrogen-bond donors (Lipinski definition) is 0. The van der Waals surface area contributed by atoms with E-state index in [4.69, 9.17) is 5.26 Å². The fraction of sp³-hybridized carbons (Fsp3) is 0.167. The maximum absolute atomic E-state index is 8.49. The third kappa shape index (κ3) is 1.82. The van der Waals surface area contributed by atoms with Gasteiger partial charge in [-0.15, -0.1) is 11.3 Å². The number of nitriles is 1. The number of halogens is 2. The molecule has 0 spiro atoms. The molecule has 1 nitrogen and oxygen atoms in total. The van der Waals surface area contributed by atoms with E-state index in [1.165, 1.54) is 0 Å². The number of rotatable bonds is 1. The maximum atomic E-state index is 8.49. The lowest BCUT2D eigenvalue weighted by Crippen LogP contribution is -1.75. The van der Waals surface area contributed by atoms with Gasteiger partial charge in [-0.25, -0.2) is 0 Å². The highest BCUT2D eigenvalue weighted by Crippen LogP contribution is 2.31. The molecule has 1 rings (SSSR count). The lowest BCUT2D eigenvalue weighted by Gasteiger charge is -1.90. The first-order chi connectivity index (χ1) is 4.74. The molecule has 1 unspecified atom stereocenters. The Hall–Kier alpha value is 0.150. The zero-order valence-corrected chi connectivity index (χ0v) is 8.83. The van der Waals surface area contributed by atoms with Gasteiger partial charge in [0.15, 0.2) is 0 Å². The van der Waals surface area contributed by atoms with Crippen molar-refractivity contribution in [3.8, 4) is 6.07 Å². The Morgan fingerprint density at radius 2 is 2.30 bits per heavy atom. The van der Waals surface area contributed by atoms with Crippen molar-refractivity contribution in [3.05, 3.63) is 20.8 Å². The minimum absolute atomic E-state index is 0.163. The molecule has 0 aliphatic rings. The van der Waals surface area contributed by atoms with Crippen LogP contribution in [0.15, 0.2) is 15.9 Å². The molecule has 1 aromatic heterocycles. The number of hydrogen-bond acceptors (Lipinski definition) is 2. The van der Waals surface area contributed by atoms with Crippen LogP contribution < -0.4 is 0 Å². The minimum atomic E-state index is -0.163. The van der Waals surface area contributed by atoms with Crippen LogP contribution in [-0.2, 0) is 0 Å². The van der Waals surface area contributed by atoms with E-state index in [2.05, 4.69) is 37.9 Å². The van der Waals surface area contributed by atoms with Crippen LogP contribution in [0.2, 0.25) is 0 Å². The first-order valence-electron chi connectivity index (χ1n) is 2.53. The van der Waals surface area contributed by atoms with Gasteiger partial charge in [-0.05, 0) is 28.1 Å². The van der Waals surface area contributed by atoms with Crippen molar-refractivity contribution < 1.29 is 0 Å². The Bertz CT molecular complexity index is 263. The largest absolute Gasteiger partial charge is 0.197 e. The molecule has 52 valence electrons. The highest BCUT2D eigenvalue weighted by Gasteiger charge is 2.06. The van der Waals surface area contributed by atoms with Gasteiger partial charge < -0.3 is 0 Å². The second-order valence-corrected chi connectivity index (χ2v) is 5.04. The average Bonchev–Trinajstić information content (AvgIpc) is 2.34. The molecule has 0 N–H and O–H groups in total. The van der Waals surface area contributed by atoms with E-state index >= 15 is 0 Å². The maximum Gasteiger partial charge on any atom is 0.135 e. The summed E-state index contributed by atoms with van der Waals surface area (Å²) in [6.45, 7) is 0. The average molecular weight is 281 g/mol. The lowest BCUT2D eigenvalue weighted by atomic mass is 10.4. The predicted molar refractivity (Wildman–Crippen MR) is 49.3 cm³/mol. The fourth-order valence-corrected chi connectivity index (χ4v) is 2.31. The molecule has 0 amide bonds. The van der Waals surface area contributed by atoms with E-state index in [-0.39, 0.29) is 4.83 Å². The quantitative estimate of drug-likeness (QED) is 0.723. The third-order valence-corrected chi connectivity index (χ3v) is 3.65. The van der Waals surface area contributed by atoms with Crippen LogP contribution in [0.3, 0.4) is 0 Å². The van der Waals surface area contributed by atoms with Crippen molar-refractivity contribution in [3.63, 3.8) is 0 Å². The van der Waals surface area contributed by atoms with Gasteiger partial charge in [0, 0.05) is 4.88 Å². The summed E-state index contributed by atoms with van der Waals surface area (Å²) >= 11 is 8.11. The molecular weight excluding hydrogens is 278 g/mol. The van der Waals surface area contributed by atoms with Crippen LogP contribution in [-0.4, -0.2) is 0 Å². The van der Waals surface area contributed by atoms with E-state index in [9.17, 15) is 0 Å². The van der Waals surface area contributed by atoms with E-state index < -0.39 is 0 Å². The summed E-state index contributed by atoms with van der Waals surface area (Å²) in [6, 6.07) is 5.96. The van der Waals surface area contributed by atoms with E-state index in [0.29, 0.717) is 0 Å². The molecule has 10 heavy (non-hydrogen) atoms. The van der Waals surface area contributed by atoms with Crippen molar-refractivity contribution in [2.24, 2.45) is 0 Å². The SMILES string of the molecule is N#CC(Br)c1ccc(Br)s1. The van der Waals surface area contributed by atoms with Gasteiger partial charge in [0.1, 0.15) is 4.83 Å². The normalized spacial score (nSPS) is 12.5. The van der Waals surface area contributed by atoms with Crippen molar-refractivity contribution in [2.45, 2.75) is 4.83 Å². The van der Waals surface area contributed by atoms with Crippen molar-refractivity contribution in [1.82, 2.24) is 0 Å². The van der Waals surface area contributed by atoms with Gasteiger partial charge in [-0.1, -0.05) is 15.9 Å². The molecule has 0 saturated heterocycles. The molecule has 1 heterocycles. The minimum Gasteiger partial charge on any atom is -0.197 e. The molecule has 0 fully saturated rings. The predicted octanol–water partition coefficient (Wildman–Crippen LogP) is 3.47. The molecule has 0 radical (unpaired) electrons. The van der Waals surface area contributed by atoms with E-state index in [1.54, 1.807) is 11.3 Å². The monoisotopic (exact) mass is 279 g/mol. The van der Waals surface area contributed by atoms with Crippen LogP contribution >= 0.6 is 43.2 Å². The van der Waals surface area contributed by atoms with Crippen molar-refractivity contribution in [2.75, 3.05) is 0 Å². The van der Waals surface area contributed by atoms with Gasteiger partial charge in [-0.2, -0.15) is 5.26 Å². The van der Waals surface area contributed by atoms with Gasteiger partial charge in [-0.3, -0.25) is 0 Å². The molecule has 0 aromatic carbocycles. The summed E-state index contributed by atoms with van der Waals surface area (Å²) in [4.78, 5) is 0.873.